The van der Waals surface area contributed by atoms with Crippen molar-refractivity contribution in [1.82, 2.24) is 9.88 Å². The summed E-state index contributed by atoms with van der Waals surface area (Å²) < 4.78 is 20.2. The fraction of sp³-hybridized carbons (Fsp3) is 0.200. The third-order valence-corrected chi connectivity index (χ3v) is 5.31. The summed E-state index contributed by atoms with van der Waals surface area (Å²) in [6.07, 6.45) is 0. The van der Waals surface area contributed by atoms with Gasteiger partial charge in [0.1, 0.15) is 28.9 Å². The Hall–Kier alpha value is -2.44. The molecule has 0 N–H and O–H groups in total. The van der Waals surface area contributed by atoms with Crippen molar-refractivity contribution >= 4 is 28.8 Å². The molecule has 1 heterocycles. The number of rotatable bonds is 6. The molecule has 0 aliphatic carbocycles. The number of hydrogen-bond acceptors (Lipinski definition) is 4. The number of nitrogens with zero attached hydrogens (tertiary/aromatic N) is 2. The molecule has 1 amide bonds. The second-order valence-electron chi connectivity index (χ2n) is 5.88. The molecule has 0 atom stereocenters. The van der Waals surface area contributed by atoms with E-state index in [1.165, 1.54) is 17.4 Å². The topological polar surface area (TPSA) is 42.4 Å². The van der Waals surface area contributed by atoms with Crippen molar-refractivity contribution in [3.05, 3.63) is 69.9 Å². The maximum atomic E-state index is 14.5. The summed E-state index contributed by atoms with van der Waals surface area (Å²) in [5.74, 6) is -0.237. The zero-order valence-electron chi connectivity index (χ0n) is 14.9. The molecule has 7 heteroatoms. The summed E-state index contributed by atoms with van der Waals surface area (Å²) in [6, 6.07) is 11.9. The molecule has 0 spiro atoms. The van der Waals surface area contributed by atoms with Crippen LogP contribution in [0, 0.1) is 5.82 Å². The highest BCUT2D eigenvalue weighted by atomic mass is 35.5. The number of ether oxygens (including phenoxy) is 1. The first-order chi connectivity index (χ1) is 13.0. The minimum Gasteiger partial charge on any atom is -0.489 e. The van der Waals surface area contributed by atoms with Crippen LogP contribution in [0.5, 0.6) is 5.75 Å². The minimum absolute atomic E-state index is 0.180. The Morgan fingerprint density at radius 1 is 1.30 bits per heavy atom. The molecule has 3 rings (SSSR count). The number of amides is 1. The SMILES string of the molecule is CCN(C)C(=O)c1csc(-c2ccc(OCc3ccccc3Cl)cc2F)n1. The molecule has 27 heavy (non-hydrogen) atoms. The molecule has 0 radical (unpaired) electrons. The van der Waals surface area contributed by atoms with Crippen LogP contribution in [0.2, 0.25) is 5.02 Å². The Balaban J connectivity index is 1.74. The van der Waals surface area contributed by atoms with Crippen molar-refractivity contribution in [3.63, 3.8) is 0 Å². The summed E-state index contributed by atoms with van der Waals surface area (Å²) >= 11 is 7.33. The highest BCUT2D eigenvalue weighted by molar-refractivity contribution is 7.13. The molecule has 140 valence electrons. The van der Waals surface area contributed by atoms with Crippen LogP contribution in [0.4, 0.5) is 4.39 Å². The molecule has 0 saturated heterocycles. The third kappa shape index (κ3) is 4.46. The van der Waals surface area contributed by atoms with Gasteiger partial charge in [0.2, 0.25) is 0 Å². The molecular formula is C20H18ClFN2O2S. The number of hydrogen-bond donors (Lipinski definition) is 0. The molecule has 0 aliphatic heterocycles. The van der Waals surface area contributed by atoms with Crippen LogP contribution in [0.3, 0.4) is 0 Å². The lowest BCUT2D eigenvalue weighted by atomic mass is 10.2. The van der Waals surface area contributed by atoms with Crippen molar-refractivity contribution in [3.8, 4) is 16.3 Å². The summed E-state index contributed by atoms with van der Waals surface area (Å²) in [6.45, 7) is 2.71. The smallest absolute Gasteiger partial charge is 0.273 e. The van der Waals surface area contributed by atoms with Crippen molar-refractivity contribution in [2.24, 2.45) is 0 Å². The van der Waals surface area contributed by atoms with Crippen LogP contribution in [0.15, 0.2) is 47.8 Å². The molecular weight excluding hydrogens is 387 g/mol. The molecule has 0 bridgehead atoms. The van der Waals surface area contributed by atoms with E-state index in [4.69, 9.17) is 16.3 Å². The van der Waals surface area contributed by atoms with Gasteiger partial charge in [0.25, 0.3) is 5.91 Å². The van der Waals surface area contributed by atoms with Crippen LogP contribution in [0.1, 0.15) is 23.0 Å². The van der Waals surface area contributed by atoms with Crippen molar-refractivity contribution in [2.45, 2.75) is 13.5 Å². The Bertz CT molecular complexity index is 961. The molecule has 4 nitrogen and oxygen atoms in total. The lowest BCUT2D eigenvalue weighted by Crippen LogP contribution is -2.26. The predicted octanol–water partition coefficient (Wildman–Crippen LogP) is 5.27. The normalized spacial score (nSPS) is 10.7. The Morgan fingerprint density at radius 2 is 2.07 bits per heavy atom. The lowest BCUT2D eigenvalue weighted by Gasteiger charge is -2.12. The van der Waals surface area contributed by atoms with Gasteiger partial charge < -0.3 is 9.64 Å². The number of carbonyl (C=O) groups excluding carboxylic acids is 1. The number of thiazole rings is 1. The second-order valence-corrected chi connectivity index (χ2v) is 7.14. The fourth-order valence-electron chi connectivity index (χ4n) is 2.37. The van der Waals surface area contributed by atoms with Gasteiger partial charge in [0.05, 0.1) is 0 Å². The first-order valence-electron chi connectivity index (χ1n) is 8.36. The van der Waals surface area contributed by atoms with Crippen molar-refractivity contribution in [1.29, 1.82) is 0 Å². The van der Waals surface area contributed by atoms with Crippen molar-refractivity contribution in [2.75, 3.05) is 13.6 Å². The van der Waals surface area contributed by atoms with E-state index >= 15 is 0 Å². The van der Waals surface area contributed by atoms with E-state index in [2.05, 4.69) is 4.98 Å². The highest BCUT2D eigenvalue weighted by Gasteiger charge is 2.17. The Kier molecular flexibility index (Phi) is 6.08. The van der Waals surface area contributed by atoms with Gasteiger partial charge in [-0.05, 0) is 25.1 Å². The van der Waals surface area contributed by atoms with E-state index in [1.54, 1.807) is 35.5 Å². The Morgan fingerprint density at radius 3 is 2.78 bits per heavy atom. The number of benzene rings is 2. The molecule has 1 aromatic heterocycles. The number of carbonyl (C=O) groups is 1. The van der Waals surface area contributed by atoms with Crippen LogP contribution in [-0.2, 0) is 6.61 Å². The zero-order valence-corrected chi connectivity index (χ0v) is 16.5. The molecule has 3 aromatic rings. The van der Waals surface area contributed by atoms with Gasteiger partial charge in [-0.2, -0.15) is 0 Å². The van der Waals surface area contributed by atoms with E-state index in [-0.39, 0.29) is 12.5 Å². The minimum atomic E-state index is -0.455. The molecule has 0 unspecified atom stereocenters. The maximum Gasteiger partial charge on any atom is 0.273 e. The first-order valence-corrected chi connectivity index (χ1v) is 9.62. The zero-order chi connectivity index (χ0) is 19.4. The van der Waals surface area contributed by atoms with Gasteiger partial charge in [0.15, 0.2) is 0 Å². The van der Waals surface area contributed by atoms with E-state index in [9.17, 15) is 9.18 Å². The largest absolute Gasteiger partial charge is 0.489 e. The monoisotopic (exact) mass is 404 g/mol. The molecule has 0 saturated carbocycles. The standard InChI is InChI=1S/C20H18ClFN2O2S/c1-3-24(2)20(25)18-12-27-19(23-18)15-9-8-14(10-17(15)22)26-11-13-6-4-5-7-16(13)21/h4-10,12H,3,11H2,1-2H3. The van der Waals surface area contributed by atoms with Gasteiger partial charge >= 0.3 is 0 Å². The van der Waals surface area contributed by atoms with Crippen LogP contribution in [-0.4, -0.2) is 29.4 Å². The summed E-state index contributed by atoms with van der Waals surface area (Å²) in [5, 5.41) is 2.70. The summed E-state index contributed by atoms with van der Waals surface area (Å²) in [4.78, 5) is 18.0. The van der Waals surface area contributed by atoms with E-state index in [0.29, 0.717) is 33.6 Å². The third-order valence-electron chi connectivity index (χ3n) is 4.07. The molecule has 0 aliphatic rings. The fourth-order valence-corrected chi connectivity index (χ4v) is 3.38. The van der Waals surface area contributed by atoms with Gasteiger partial charge in [-0.15, -0.1) is 11.3 Å². The van der Waals surface area contributed by atoms with Gasteiger partial charge in [-0.25, -0.2) is 9.37 Å². The Labute approximate surface area is 166 Å². The first kappa shape index (κ1) is 19.3. The quantitative estimate of drug-likeness (QED) is 0.561. The van der Waals surface area contributed by atoms with Gasteiger partial charge in [0, 0.05) is 41.2 Å². The van der Waals surface area contributed by atoms with Gasteiger partial charge in [-0.1, -0.05) is 29.8 Å². The van der Waals surface area contributed by atoms with E-state index < -0.39 is 5.82 Å². The van der Waals surface area contributed by atoms with E-state index in [0.717, 1.165) is 5.56 Å². The maximum absolute atomic E-state index is 14.5. The average molecular weight is 405 g/mol. The van der Waals surface area contributed by atoms with Gasteiger partial charge in [-0.3, -0.25) is 4.79 Å². The number of aromatic nitrogens is 1. The van der Waals surface area contributed by atoms with Crippen LogP contribution >= 0.6 is 22.9 Å². The average Bonchev–Trinajstić information content (AvgIpc) is 3.16. The van der Waals surface area contributed by atoms with E-state index in [1.807, 2.05) is 25.1 Å². The molecule has 2 aromatic carbocycles. The number of halogens is 2. The van der Waals surface area contributed by atoms with Crippen LogP contribution in [0.25, 0.3) is 10.6 Å². The molecule has 0 fully saturated rings. The van der Waals surface area contributed by atoms with Crippen molar-refractivity contribution < 1.29 is 13.9 Å². The summed E-state index contributed by atoms with van der Waals surface area (Å²) in [5.41, 5.74) is 1.48. The second kappa shape index (κ2) is 8.50. The highest BCUT2D eigenvalue weighted by Crippen LogP contribution is 2.29. The van der Waals surface area contributed by atoms with Crippen LogP contribution < -0.4 is 4.74 Å². The predicted molar refractivity (Wildman–Crippen MR) is 106 cm³/mol. The lowest BCUT2D eigenvalue weighted by molar-refractivity contribution is 0.0797. The summed E-state index contributed by atoms with van der Waals surface area (Å²) in [7, 11) is 1.70.